The van der Waals surface area contributed by atoms with Crippen LogP contribution in [0.1, 0.15) is 37.5 Å². The first-order chi connectivity index (χ1) is 13.7. The van der Waals surface area contributed by atoms with Gasteiger partial charge in [0.1, 0.15) is 5.75 Å². The lowest BCUT2D eigenvalue weighted by Crippen LogP contribution is -2.36. The molecule has 2 aromatic rings. The van der Waals surface area contributed by atoms with Crippen LogP contribution in [0.15, 0.2) is 55.3 Å². The van der Waals surface area contributed by atoms with Crippen LogP contribution >= 0.6 is 12.2 Å². The highest BCUT2D eigenvalue weighted by molar-refractivity contribution is 7.80. The molecule has 0 saturated heterocycles. The third kappa shape index (κ3) is 4.80. The van der Waals surface area contributed by atoms with Gasteiger partial charge in [0.25, 0.3) is 0 Å². The van der Waals surface area contributed by atoms with Crippen molar-refractivity contribution in [1.82, 2.24) is 5.32 Å². The molecule has 0 aliphatic heterocycles. The van der Waals surface area contributed by atoms with Gasteiger partial charge in [0.2, 0.25) is 0 Å². The van der Waals surface area contributed by atoms with Crippen molar-refractivity contribution in [1.29, 1.82) is 0 Å². The molecule has 0 fully saturated rings. The van der Waals surface area contributed by atoms with Crippen LogP contribution < -0.4 is 15.1 Å². The molecule has 29 heavy (non-hydrogen) atoms. The van der Waals surface area contributed by atoms with Crippen molar-refractivity contribution in [3.05, 3.63) is 71.9 Å². The molecule has 0 heterocycles. The van der Waals surface area contributed by atoms with E-state index in [1.807, 2.05) is 30.0 Å². The van der Waals surface area contributed by atoms with E-state index in [4.69, 9.17) is 12.2 Å². The number of hydrogen-bond donors (Lipinski definition) is 2. The molecule has 0 aliphatic carbocycles. The Labute approximate surface area is 180 Å². The summed E-state index contributed by atoms with van der Waals surface area (Å²) >= 11 is 5.60. The number of phenolic OH excluding ortho intramolecular Hbond substituents is 1. The van der Waals surface area contributed by atoms with E-state index in [0.29, 0.717) is 16.4 Å². The van der Waals surface area contributed by atoms with Crippen molar-refractivity contribution in [2.24, 2.45) is 0 Å². The van der Waals surface area contributed by atoms with E-state index in [2.05, 4.69) is 56.3 Å². The molecule has 2 rings (SSSR count). The predicted molar refractivity (Wildman–Crippen MR) is 130 cm³/mol. The first-order valence-corrected chi connectivity index (χ1v) is 10.2. The van der Waals surface area contributed by atoms with Crippen LogP contribution in [0.2, 0.25) is 0 Å². The second-order valence-electron chi connectivity index (χ2n) is 6.99. The smallest absolute Gasteiger partial charge is 0.177 e. The van der Waals surface area contributed by atoms with Crippen LogP contribution in [0.5, 0.6) is 5.75 Å². The van der Waals surface area contributed by atoms with E-state index in [1.165, 1.54) is 0 Å². The fourth-order valence-corrected chi connectivity index (χ4v) is 3.55. The number of nitrogens with zero attached hydrogens (tertiary/aromatic N) is 2. The summed E-state index contributed by atoms with van der Waals surface area (Å²) in [5, 5.41) is 14.0. The maximum Gasteiger partial charge on any atom is 0.177 e. The summed E-state index contributed by atoms with van der Waals surface area (Å²) in [4.78, 5) is 4.02. The Morgan fingerprint density at radius 1 is 1.14 bits per heavy atom. The molecule has 0 saturated carbocycles. The van der Waals surface area contributed by atoms with Crippen LogP contribution in [0, 0.1) is 6.92 Å². The van der Waals surface area contributed by atoms with Gasteiger partial charge in [-0.2, -0.15) is 0 Å². The number of rotatable bonds is 7. The number of nitrogens with one attached hydrogen (secondary N) is 1. The lowest BCUT2D eigenvalue weighted by atomic mass is 10.0. The zero-order valence-electron chi connectivity index (χ0n) is 18.0. The fraction of sp³-hybridized carbons (Fsp3) is 0.292. The number of allylic oxidation sites excluding steroid dienone is 1. The Hall–Kier alpha value is -2.79. The van der Waals surface area contributed by atoms with Gasteiger partial charge in [-0.05, 0) is 74.8 Å². The molecule has 4 nitrogen and oxygen atoms in total. The second-order valence-corrected chi connectivity index (χ2v) is 7.38. The molecular weight excluding hydrogens is 378 g/mol. The minimum Gasteiger partial charge on any atom is -0.507 e. The van der Waals surface area contributed by atoms with E-state index in [1.54, 1.807) is 13.1 Å². The summed E-state index contributed by atoms with van der Waals surface area (Å²) in [5.41, 5.74) is 6.47. The van der Waals surface area contributed by atoms with E-state index >= 15 is 0 Å². The van der Waals surface area contributed by atoms with Gasteiger partial charge in [0, 0.05) is 30.5 Å². The SMILES string of the molecule is C=C(C)N(CC)c1cc(N(C(=C)c2cc(CC)ccc2O)C(=S)NC)ccc1C. The van der Waals surface area contributed by atoms with Crippen LogP contribution in [0.3, 0.4) is 0 Å². The zero-order chi connectivity index (χ0) is 21.7. The van der Waals surface area contributed by atoms with Crippen molar-refractivity contribution in [3.8, 4) is 5.75 Å². The van der Waals surface area contributed by atoms with Crippen molar-refractivity contribution in [2.75, 3.05) is 23.4 Å². The summed E-state index contributed by atoms with van der Waals surface area (Å²) in [6, 6.07) is 11.8. The molecule has 0 unspecified atom stereocenters. The number of benzene rings is 2. The van der Waals surface area contributed by atoms with Crippen LogP contribution in [-0.2, 0) is 6.42 Å². The molecular formula is C24H31N3OS. The molecule has 154 valence electrons. The van der Waals surface area contributed by atoms with Crippen molar-refractivity contribution < 1.29 is 5.11 Å². The minimum absolute atomic E-state index is 0.181. The van der Waals surface area contributed by atoms with E-state index in [0.717, 1.165) is 41.2 Å². The molecule has 0 radical (unpaired) electrons. The van der Waals surface area contributed by atoms with Crippen molar-refractivity contribution in [2.45, 2.75) is 34.1 Å². The maximum atomic E-state index is 10.5. The molecule has 0 bridgehead atoms. The van der Waals surface area contributed by atoms with Gasteiger partial charge in [-0.3, -0.25) is 4.90 Å². The minimum atomic E-state index is 0.181. The lowest BCUT2D eigenvalue weighted by molar-refractivity contribution is 0.473. The standard InChI is InChI=1S/C24H31N3OS/c1-8-19-11-13-23(28)21(14-19)18(6)27(24(29)25-7)20-12-10-17(5)22(15-20)26(9-2)16(3)4/h10-15,28H,3,6,8-9H2,1-2,4-5,7H3,(H,25,29). The highest BCUT2D eigenvalue weighted by Crippen LogP contribution is 2.35. The average Bonchev–Trinajstić information content (AvgIpc) is 2.70. The second kappa shape index (κ2) is 9.61. The van der Waals surface area contributed by atoms with Crippen molar-refractivity contribution >= 4 is 34.4 Å². The fourth-order valence-electron chi connectivity index (χ4n) is 3.34. The van der Waals surface area contributed by atoms with Gasteiger partial charge >= 0.3 is 0 Å². The highest BCUT2D eigenvalue weighted by Gasteiger charge is 2.21. The molecule has 0 atom stereocenters. The topological polar surface area (TPSA) is 38.7 Å². The molecule has 2 N–H and O–H groups in total. The predicted octanol–water partition coefficient (Wildman–Crippen LogP) is 5.60. The number of aromatic hydroxyl groups is 1. The normalized spacial score (nSPS) is 10.4. The largest absolute Gasteiger partial charge is 0.507 e. The monoisotopic (exact) mass is 409 g/mol. The highest BCUT2D eigenvalue weighted by atomic mass is 32.1. The molecule has 0 amide bonds. The summed E-state index contributed by atoms with van der Waals surface area (Å²) in [6.07, 6.45) is 0.871. The summed E-state index contributed by atoms with van der Waals surface area (Å²) in [7, 11) is 1.78. The van der Waals surface area contributed by atoms with Crippen molar-refractivity contribution in [3.63, 3.8) is 0 Å². The van der Waals surface area contributed by atoms with Gasteiger partial charge in [0.15, 0.2) is 5.11 Å². The van der Waals surface area contributed by atoms with Gasteiger partial charge in [-0.1, -0.05) is 32.2 Å². The third-order valence-corrected chi connectivity index (χ3v) is 5.37. The van der Waals surface area contributed by atoms with Crippen LogP contribution in [0.25, 0.3) is 5.70 Å². The molecule has 2 aromatic carbocycles. The third-order valence-electron chi connectivity index (χ3n) is 4.99. The number of thiocarbonyl (C=S) groups is 1. The Balaban J connectivity index is 2.61. The quantitative estimate of drug-likeness (QED) is 0.582. The Bertz CT molecular complexity index is 936. The zero-order valence-corrected chi connectivity index (χ0v) is 18.9. The van der Waals surface area contributed by atoms with Gasteiger partial charge in [-0.15, -0.1) is 0 Å². The first-order valence-electron chi connectivity index (χ1n) is 9.81. The number of anilines is 2. The molecule has 0 aromatic heterocycles. The Morgan fingerprint density at radius 3 is 2.38 bits per heavy atom. The first kappa shape index (κ1) is 22.5. The lowest BCUT2D eigenvalue weighted by Gasteiger charge is -2.31. The number of aryl methyl sites for hydroxylation is 2. The molecule has 0 aliphatic rings. The average molecular weight is 410 g/mol. The maximum absolute atomic E-state index is 10.5. The van der Waals surface area contributed by atoms with E-state index in [-0.39, 0.29) is 5.75 Å². The Morgan fingerprint density at radius 2 is 1.83 bits per heavy atom. The summed E-state index contributed by atoms with van der Waals surface area (Å²) in [5.74, 6) is 0.181. The Kier molecular flexibility index (Phi) is 7.46. The molecule has 5 heteroatoms. The van der Waals surface area contributed by atoms with Gasteiger partial charge < -0.3 is 15.3 Å². The van der Waals surface area contributed by atoms with E-state index < -0.39 is 0 Å². The van der Waals surface area contributed by atoms with Crippen LogP contribution in [0.4, 0.5) is 11.4 Å². The van der Waals surface area contributed by atoms with Gasteiger partial charge in [0.05, 0.1) is 11.4 Å². The van der Waals surface area contributed by atoms with Crippen LogP contribution in [-0.4, -0.2) is 23.8 Å². The number of hydrogen-bond acceptors (Lipinski definition) is 3. The van der Waals surface area contributed by atoms with E-state index in [9.17, 15) is 5.11 Å². The summed E-state index contributed by atoms with van der Waals surface area (Å²) < 4.78 is 0. The van der Waals surface area contributed by atoms with Gasteiger partial charge in [-0.25, -0.2) is 0 Å². The molecule has 0 spiro atoms. The number of phenols is 1. The summed E-state index contributed by atoms with van der Waals surface area (Å²) in [6.45, 7) is 17.5.